The van der Waals surface area contributed by atoms with E-state index in [9.17, 15) is 13.2 Å². The van der Waals surface area contributed by atoms with E-state index >= 15 is 0 Å². The smallest absolute Gasteiger partial charge is 0.234 e. The number of hydrogen-bond donors (Lipinski definition) is 1. The van der Waals surface area contributed by atoms with Crippen molar-refractivity contribution in [2.45, 2.75) is 38.6 Å². The average molecular weight is 353 g/mol. The van der Waals surface area contributed by atoms with Crippen LogP contribution in [0.15, 0.2) is 30.3 Å². The van der Waals surface area contributed by atoms with Gasteiger partial charge in [0.2, 0.25) is 5.91 Å². The molecule has 1 atom stereocenters. The van der Waals surface area contributed by atoms with Crippen molar-refractivity contribution in [1.29, 1.82) is 0 Å². The highest BCUT2D eigenvalue weighted by molar-refractivity contribution is 7.91. The Balaban J connectivity index is 1.81. The molecule has 24 heavy (non-hydrogen) atoms. The molecule has 1 amide bonds. The number of nitrogens with one attached hydrogen (secondary N) is 1. The van der Waals surface area contributed by atoms with Crippen molar-refractivity contribution in [2.24, 2.45) is 0 Å². The summed E-state index contributed by atoms with van der Waals surface area (Å²) in [5, 5.41) is 3.04. The molecule has 1 aliphatic rings. The molecule has 0 radical (unpaired) electrons. The van der Waals surface area contributed by atoms with E-state index < -0.39 is 9.84 Å². The standard InChI is InChI=1S/C18H28N2O3S/c1-15(13-18(2,3)16-7-5-4-6-8-16)19-17(21)14-20-9-11-24(22,23)12-10-20/h4-8,15H,9-14H2,1-3H3,(H,19,21)/t15-/m0/s1. The normalized spacial score (nSPS) is 19.6. The summed E-state index contributed by atoms with van der Waals surface area (Å²) >= 11 is 0. The van der Waals surface area contributed by atoms with Crippen molar-refractivity contribution < 1.29 is 13.2 Å². The minimum Gasteiger partial charge on any atom is -0.353 e. The molecule has 0 saturated carbocycles. The lowest BCUT2D eigenvalue weighted by Gasteiger charge is -2.30. The molecule has 1 N–H and O–H groups in total. The van der Waals surface area contributed by atoms with Crippen LogP contribution in [-0.4, -0.2) is 56.4 Å². The lowest BCUT2D eigenvalue weighted by atomic mass is 9.79. The van der Waals surface area contributed by atoms with Gasteiger partial charge in [0.1, 0.15) is 0 Å². The Morgan fingerprint density at radius 3 is 2.38 bits per heavy atom. The second-order valence-electron chi connectivity index (χ2n) is 7.35. The molecule has 5 nitrogen and oxygen atoms in total. The second kappa shape index (κ2) is 7.66. The zero-order valence-electron chi connectivity index (χ0n) is 14.8. The van der Waals surface area contributed by atoms with Gasteiger partial charge in [-0.2, -0.15) is 0 Å². The molecule has 134 valence electrons. The molecule has 0 aromatic heterocycles. The van der Waals surface area contributed by atoms with Crippen LogP contribution in [0.3, 0.4) is 0 Å². The van der Waals surface area contributed by atoms with Gasteiger partial charge in [-0.15, -0.1) is 0 Å². The summed E-state index contributed by atoms with van der Waals surface area (Å²) in [7, 11) is -2.90. The summed E-state index contributed by atoms with van der Waals surface area (Å²) in [6.07, 6.45) is 0.844. The fourth-order valence-electron chi connectivity index (χ4n) is 3.26. The fraction of sp³-hybridized carbons (Fsp3) is 0.611. The van der Waals surface area contributed by atoms with E-state index in [4.69, 9.17) is 0 Å². The van der Waals surface area contributed by atoms with Crippen LogP contribution in [0, 0.1) is 0 Å². The molecule has 0 spiro atoms. The van der Waals surface area contributed by atoms with E-state index in [-0.39, 0.29) is 35.4 Å². The minimum absolute atomic E-state index is 0.0207. The molecule has 0 bridgehead atoms. The Morgan fingerprint density at radius 1 is 1.21 bits per heavy atom. The molecule has 6 heteroatoms. The van der Waals surface area contributed by atoms with Gasteiger partial charge in [0.05, 0.1) is 18.1 Å². The van der Waals surface area contributed by atoms with E-state index in [2.05, 4.69) is 31.3 Å². The number of benzene rings is 1. The van der Waals surface area contributed by atoms with Gasteiger partial charge in [-0.3, -0.25) is 9.69 Å². The van der Waals surface area contributed by atoms with Crippen molar-refractivity contribution in [3.8, 4) is 0 Å². The van der Waals surface area contributed by atoms with E-state index in [1.807, 2.05) is 30.0 Å². The summed E-state index contributed by atoms with van der Waals surface area (Å²) in [6.45, 7) is 7.54. The van der Waals surface area contributed by atoms with Crippen LogP contribution >= 0.6 is 0 Å². The summed E-state index contributed by atoms with van der Waals surface area (Å²) < 4.78 is 22.8. The maximum Gasteiger partial charge on any atom is 0.234 e. The summed E-state index contributed by atoms with van der Waals surface area (Å²) in [5.41, 5.74) is 1.24. The Kier molecular flexibility index (Phi) is 6.04. The third-order valence-corrected chi connectivity index (χ3v) is 6.19. The van der Waals surface area contributed by atoms with Crippen LogP contribution in [0.2, 0.25) is 0 Å². The number of hydrogen-bond acceptors (Lipinski definition) is 4. The lowest BCUT2D eigenvalue weighted by molar-refractivity contribution is -0.122. The van der Waals surface area contributed by atoms with Crippen LogP contribution in [0.4, 0.5) is 0 Å². The summed E-state index contributed by atoms with van der Waals surface area (Å²) in [5.74, 6) is 0.263. The third kappa shape index (κ3) is 5.60. The van der Waals surface area contributed by atoms with Crippen molar-refractivity contribution in [1.82, 2.24) is 10.2 Å². The number of carbonyl (C=O) groups is 1. The maximum absolute atomic E-state index is 12.2. The number of amides is 1. The van der Waals surface area contributed by atoms with Gasteiger partial charge >= 0.3 is 0 Å². The SMILES string of the molecule is C[C@@H](CC(C)(C)c1ccccc1)NC(=O)CN1CCS(=O)(=O)CC1. The predicted octanol–water partition coefficient (Wildman–Crippen LogP) is 1.59. The van der Waals surface area contributed by atoms with Gasteiger partial charge in [0, 0.05) is 19.1 Å². The van der Waals surface area contributed by atoms with E-state index in [0.717, 1.165) is 6.42 Å². The first kappa shape index (κ1) is 18.9. The quantitative estimate of drug-likeness (QED) is 0.844. The van der Waals surface area contributed by atoms with Gasteiger partial charge < -0.3 is 5.32 Å². The first-order valence-electron chi connectivity index (χ1n) is 8.46. The van der Waals surface area contributed by atoms with Gasteiger partial charge in [-0.05, 0) is 24.3 Å². The van der Waals surface area contributed by atoms with Gasteiger partial charge in [0.15, 0.2) is 9.84 Å². The van der Waals surface area contributed by atoms with E-state index in [1.54, 1.807) is 0 Å². The largest absolute Gasteiger partial charge is 0.353 e. The molecule has 1 fully saturated rings. The predicted molar refractivity (Wildman–Crippen MR) is 96.8 cm³/mol. The van der Waals surface area contributed by atoms with Gasteiger partial charge in [-0.1, -0.05) is 44.2 Å². The zero-order valence-corrected chi connectivity index (χ0v) is 15.6. The molecule has 1 aromatic carbocycles. The van der Waals surface area contributed by atoms with Gasteiger partial charge in [0.25, 0.3) is 0 Å². The average Bonchev–Trinajstić information content (AvgIpc) is 2.49. The third-order valence-electron chi connectivity index (χ3n) is 4.58. The number of sulfone groups is 1. The molecular weight excluding hydrogens is 324 g/mol. The van der Waals surface area contributed by atoms with Crippen LogP contribution in [0.1, 0.15) is 32.8 Å². The molecule has 1 heterocycles. The molecule has 1 aromatic rings. The highest BCUT2D eigenvalue weighted by Gasteiger charge is 2.26. The molecule has 1 aliphatic heterocycles. The Bertz CT molecular complexity index is 642. The highest BCUT2D eigenvalue weighted by Crippen LogP contribution is 2.28. The highest BCUT2D eigenvalue weighted by atomic mass is 32.2. The lowest BCUT2D eigenvalue weighted by Crippen LogP contribution is -2.47. The monoisotopic (exact) mass is 352 g/mol. The maximum atomic E-state index is 12.2. The van der Waals surface area contributed by atoms with Crippen molar-refractivity contribution in [3.05, 3.63) is 35.9 Å². The van der Waals surface area contributed by atoms with E-state index in [0.29, 0.717) is 13.1 Å². The van der Waals surface area contributed by atoms with E-state index in [1.165, 1.54) is 5.56 Å². The minimum atomic E-state index is -2.90. The fourth-order valence-corrected chi connectivity index (χ4v) is 4.53. The van der Waals surface area contributed by atoms with Crippen LogP contribution < -0.4 is 5.32 Å². The Morgan fingerprint density at radius 2 is 1.79 bits per heavy atom. The molecule has 2 rings (SSSR count). The molecule has 0 unspecified atom stereocenters. The van der Waals surface area contributed by atoms with Crippen LogP contribution in [0.5, 0.6) is 0 Å². The van der Waals surface area contributed by atoms with Gasteiger partial charge in [-0.25, -0.2) is 8.42 Å². The van der Waals surface area contributed by atoms with Crippen LogP contribution in [-0.2, 0) is 20.0 Å². The molecule has 0 aliphatic carbocycles. The Hall–Kier alpha value is -1.40. The topological polar surface area (TPSA) is 66.5 Å². The summed E-state index contributed by atoms with van der Waals surface area (Å²) in [6, 6.07) is 10.4. The first-order valence-corrected chi connectivity index (χ1v) is 10.3. The number of nitrogens with zero attached hydrogens (tertiary/aromatic N) is 1. The first-order chi connectivity index (χ1) is 11.2. The zero-order chi connectivity index (χ0) is 17.8. The van der Waals surface area contributed by atoms with Crippen LogP contribution in [0.25, 0.3) is 0 Å². The Labute approximate surface area is 145 Å². The van der Waals surface area contributed by atoms with Crippen molar-refractivity contribution in [3.63, 3.8) is 0 Å². The summed E-state index contributed by atoms with van der Waals surface area (Å²) in [4.78, 5) is 14.1. The molecule has 1 saturated heterocycles. The molecular formula is C18H28N2O3S. The number of carbonyl (C=O) groups excluding carboxylic acids is 1. The van der Waals surface area contributed by atoms with Crippen molar-refractivity contribution in [2.75, 3.05) is 31.1 Å². The number of rotatable bonds is 6. The van der Waals surface area contributed by atoms with Crippen molar-refractivity contribution >= 4 is 15.7 Å². The second-order valence-corrected chi connectivity index (χ2v) is 9.65.